The van der Waals surface area contributed by atoms with Crippen LogP contribution < -0.4 is 10.5 Å². The molecule has 2 N–H and O–H groups in total. The summed E-state index contributed by atoms with van der Waals surface area (Å²) >= 11 is 0. The Morgan fingerprint density at radius 1 is 1.36 bits per heavy atom. The lowest BCUT2D eigenvalue weighted by Gasteiger charge is -2.10. The van der Waals surface area contributed by atoms with Gasteiger partial charge in [-0.05, 0) is 43.7 Å². The van der Waals surface area contributed by atoms with Crippen LogP contribution >= 0.6 is 0 Å². The summed E-state index contributed by atoms with van der Waals surface area (Å²) in [6, 6.07) is 6.93. The molecule has 1 aromatic heterocycles. The van der Waals surface area contributed by atoms with Crippen LogP contribution in [0.1, 0.15) is 18.2 Å². The van der Waals surface area contributed by atoms with Crippen molar-refractivity contribution in [2.75, 3.05) is 13.7 Å². The fraction of sp³-hybridized carbons (Fsp3) is 0.375. The first-order valence-corrected chi connectivity index (χ1v) is 7.17. The Bertz CT molecular complexity index is 635. The number of methoxy groups -OCH3 is 1. The molecule has 118 valence electrons. The van der Waals surface area contributed by atoms with Crippen molar-refractivity contribution in [1.82, 2.24) is 9.78 Å². The average Bonchev–Trinajstić information content (AvgIpc) is 2.88. The van der Waals surface area contributed by atoms with Gasteiger partial charge in [0.05, 0.1) is 25.6 Å². The number of carbonyl (C=O) groups is 1. The highest BCUT2D eigenvalue weighted by molar-refractivity contribution is 5.75. The van der Waals surface area contributed by atoms with Crippen LogP contribution in [-0.4, -0.2) is 35.5 Å². The highest BCUT2D eigenvalue weighted by atomic mass is 16.5. The Hall–Kier alpha value is -2.34. The summed E-state index contributed by atoms with van der Waals surface area (Å²) in [5.41, 5.74) is 8.66. The molecule has 0 bridgehead atoms. The normalized spacial score (nSPS) is 12.0. The lowest BCUT2D eigenvalue weighted by Crippen LogP contribution is -2.34. The maximum absolute atomic E-state index is 11.6. The van der Waals surface area contributed by atoms with Gasteiger partial charge in [0, 0.05) is 12.1 Å². The number of benzene rings is 1. The number of rotatable bonds is 6. The first kappa shape index (κ1) is 16.0. The van der Waals surface area contributed by atoms with Crippen molar-refractivity contribution < 1.29 is 14.3 Å². The molecule has 0 saturated carbocycles. The molecule has 1 aromatic carbocycles. The Labute approximate surface area is 129 Å². The first-order chi connectivity index (χ1) is 10.6. The summed E-state index contributed by atoms with van der Waals surface area (Å²) in [7, 11) is 1.63. The van der Waals surface area contributed by atoms with Crippen LogP contribution in [0.25, 0.3) is 5.69 Å². The number of carbonyl (C=O) groups excluding carboxylic acids is 1. The van der Waals surface area contributed by atoms with E-state index in [9.17, 15) is 4.79 Å². The van der Waals surface area contributed by atoms with Gasteiger partial charge in [0.1, 0.15) is 11.8 Å². The third-order valence-electron chi connectivity index (χ3n) is 3.46. The summed E-state index contributed by atoms with van der Waals surface area (Å²) in [5, 5.41) is 4.37. The first-order valence-electron chi connectivity index (χ1n) is 7.17. The molecule has 6 nitrogen and oxygen atoms in total. The van der Waals surface area contributed by atoms with Crippen LogP contribution in [0.2, 0.25) is 0 Å². The molecule has 2 aromatic rings. The molecule has 6 heteroatoms. The maximum Gasteiger partial charge on any atom is 0.323 e. The van der Waals surface area contributed by atoms with Crippen molar-refractivity contribution >= 4 is 5.97 Å². The molecule has 0 aliphatic rings. The van der Waals surface area contributed by atoms with Crippen molar-refractivity contribution in [2.24, 2.45) is 5.73 Å². The number of ether oxygens (including phenoxy) is 2. The number of nitrogens with two attached hydrogens (primary N) is 1. The van der Waals surface area contributed by atoms with Crippen LogP contribution in [0.3, 0.4) is 0 Å². The van der Waals surface area contributed by atoms with Gasteiger partial charge in [-0.25, -0.2) is 4.68 Å². The second kappa shape index (κ2) is 7.09. The molecule has 0 amide bonds. The molecule has 0 spiro atoms. The smallest absolute Gasteiger partial charge is 0.323 e. The quantitative estimate of drug-likeness (QED) is 0.820. The van der Waals surface area contributed by atoms with Crippen LogP contribution in [0.15, 0.2) is 30.5 Å². The molecule has 1 atom stereocenters. The van der Waals surface area contributed by atoms with E-state index in [4.69, 9.17) is 15.2 Å². The molecular formula is C16H21N3O3. The summed E-state index contributed by atoms with van der Waals surface area (Å²) in [6.07, 6.45) is 2.14. The SMILES string of the molecule is CCOC(=O)C(N)Cc1cnn(-c2ccc(OC)cc2)c1C. The Morgan fingerprint density at radius 2 is 2.05 bits per heavy atom. The van der Waals surface area contributed by atoms with Crippen LogP contribution in [0, 0.1) is 6.92 Å². The fourth-order valence-electron chi connectivity index (χ4n) is 2.20. The molecule has 0 aliphatic heterocycles. The minimum absolute atomic E-state index is 0.330. The number of esters is 1. The van der Waals surface area contributed by atoms with Gasteiger partial charge in [-0.15, -0.1) is 0 Å². The second-order valence-corrected chi connectivity index (χ2v) is 4.93. The molecule has 0 radical (unpaired) electrons. The van der Waals surface area contributed by atoms with Crippen molar-refractivity contribution in [1.29, 1.82) is 0 Å². The summed E-state index contributed by atoms with van der Waals surface area (Å²) in [6.45, 7) is 4.04. The lowest BCUT2D eigenvalue weighted by atomic mass is 10.1. The number of nitrogens with zero attached hydrogens (tertiary/aromatic N) is 2. The van der Waals surface area contributed by atoms with Crippen molar-refractivity contribution in [2.45, 2.75) is 26.3 Å². The van der Waals surface area contributed by atoms with E-state index in [1.807, 2.05) is 35.9 Å². The molecule has 0 saturated heterocycles. The zero-order chi connectivity index (χ0) is 16.1. The minimum Gasteiger partial charge on any atom is -0.497 e. The topological polar surface area (TPSA) is 79.4 Å². The second-order valence-electron chi connectivity index (χ2n) is 4.93. The number of hydrogen-bond donors (Lipinski definition) is 1. The van der Waals surface area contributed by atoms with E-state index >= 15 is 0 Å². The molecule has 1 unspecified atom stereocenters. The van der Waals surface area contributed by atoms with Gasteiger partial charge >= 0.3 is 5.97 Å². The zero-order valence-electron chi connectivity index (χ0n) is 13.1. The fourth-order valence-corrected chi connectivity index (χ4v) is 2.20. The predicted octanol–water partition coefficient (Wildman–Crippen LogP) is 1.62. The molecule has 0 fully saturated rings. The average molecular weight is 303 g/mol. The maximum atomic E-state index is 11.6. The van der Waals surface area contributed by atoms with Gasteiger partial charge in [0.25, 0.3) is 0 Å². The largest absolute Gasteiger partial charge is 0.497 e. The van der Waals surface area contributed by atoms with Crippen LogP contribution in [0.5, 0.6) is 5.75 Å². The van der Waals surface area contributed by atoms with Crippen molar-refractivity contribution in [3.05, 3.63) is 41.7 Å². The molecular weight excluding hydrogens is 282 g/mol. The minimum atomic E-state index is -0.674. The predicted molar refractivity (Wildman–Crippen MR) is 83.2 cm³/mol. The third-order valence-corrected chi connectivity index (χ3v) is 3.46. The molecule has 1 heterocycles. The lowest BCUT2D eigenvalue weighted by molar-refractivity contribution is -0.144. The number of aromatic nitrogens is 2. The molecule has 2 rings (SSSR count). The van der Waals surface area contributed by atoms with E-state index < -0.39 is 6.04 Å². The summed E-state index contributed by atoms with van der Waals surface area (Å²) in [5.74, 6) is 0.400. The van der Waals surface area contributed by atoms with E-state index in [0.29, 0.717) is 13.0 Å². The van der Waals surface area contributed by atoms with E-state index in [0.717, 1.165) is 22.7 Å². The zero-order valence-corrected chi connectivity index (χ0v) is 13.1. The van der Waals surface area contributed by atoms with Gasteiger partial charge in [-0.1, -0.05) is 0 Å². The highest BCUT2D eigenvalue weighted by Gasteiger charge is 2.18. The van der Waals surface area contributed by atoms with Gasteiger partial charge < -0.3 is 15.2 Å². The third kappa shape index (κ3) is 3.46. The van der Waals surface area contributed by atoms with Gasteiger partial charge in [-0.3, -0.25) is 4.79 Å². The molecule has 0 aliphatic carbocycles. The van der Waals surface area contributed by atoms with Crippen LogP contribution in [-0.2, 0) is 16.0 Å². The Morgan fingerprint density at radius 3 is 2.64 bits per heavy atom. The van der Waals surface area contributed by atoms with Gasteiger partial charge in [-0.2, -0.15) is 5.10 Å². The van der Waals surface area contributed by atoms with Crippen LogP contribution in [0.4, 0.5) is 0 Å². The standard InChI is InChI=1S/C16H21N3O3/c1-4-22-16(20)15(17)9-12-10-18-19(11(12)2)13-5-7-14(21-3)8-6-13/h5-8,10,15H,4,9,17H2,1-3H3. The van der Waals surface area contributed by atoms with E-state index in [2.05, 4.69) is 5.10 Å². The van der Waals surface area contributed by atoms with Crippen molar-refractivity contribution in [3.8, 4) is 11.4 Å². The van der Waals surface area contributed by atoms with Gasteiger partial charge in [0.15, 0.2) is 0 Å². The Balaban J connectivity index is 2.16. The monoisotopic (exact) mass is 303 g/mol. The number of hydrogen-bond acceptors (Lipinski definition) is 5. The summed E-state index contributed by atoms with van der Waals surface area (Å²) in [4.78, 5) is 11.6. The molecule has 22 heavy (non-hydrogen) atoms. The van der Waals surface area contributed by atoms with Crippen molar-refractivity contribution in [3.63, 3.8) is 0 Å². The van der Waals surface area contributed by atoms with Gasteiger partial charge in [0.2, 0.25) is 0 Å². The highest BCUT2D eigenvalue weighted by Crippen LogP contribution is 2.18. The van der Waals surface area contributed by atoms with E-state index in [-0.39, 0.29) is 5.97 Å². The summed E-state index contributed by atoms with van der Waals surface area (Å²) < 4.78 is 11.9. The van der Waals surface area contributed by atoms with E-state index in [1.54, 1.807) is 20.2 Å². The Kier molecular flexibility index (Phi) is 5.16. The van der Waals surface area contributed by atoms with E-state index in [1.165, 1.54) is 0 Å².